The number of halogens is 1. The summed E-state index contributed by atoms with van der Waals surface area (Å²) < 4.78 is 23.2. The van der Waals surface area contributed by atoms with Crippen molar-refractivity contribution < 1.29 is 28.2 Å². The second-order valence-corrected chi connectivity index (χ2v) is 4.57. The van der Waals surface area contributed by atoms with Crippen molar-refractivity contribution in [2.24, 2.45) is 0 Å². The molecule has 0 N–H and O–H groups in total. The molecule has 0 aliphatic heterocycles. The Hall–Kier alpha value is -3.02. The van der Waals surface area contributed by atoms with Gasteiger partial charge in [0.1, 0.15) is 30.2 Å². The maximum absolute atomic E-state index is 12.8. The predicted octanol–water partition coefficient (Wildman–Crippen LogP) is 2.47. The van der Waals surface area contributed by atoms with Crippen LogP contribution in [0, 0.1) is 5.82 Å². The monoisotopic (exact) mass is 316 g/mol. The lowest BCUT2D eigenvalue weighted by Gasteiger charge is -2.08. The molecule has 2 aromatic rings. The smallest absolute Gasteiger partial charge is 0.380 e. The first-order valence-electron chi connectivity index (χ1n) is 6.74. The van der Waals surface area contributed by atoms with Crippen molar-refractivity contribution in [3.8, 4) is 11.5 Å². The quantitative estimate of drug-likeness (QED) is 0.258. The summed E-state index contributed by atoms with van der Waals surface area (Å²) >= 11 is 0. The van der Waals surface area contributed by atoms with Crippen molar-refractivity contribution in [3.05, 3.63) is 59.9 Å². The third kappa shape index (κ3) is 5.03. The van der Waals surface area contributed by atoms with Crippen LogP contribution in [-0.2, 0) is 21.0 Å². The number of esters is 1. The van der Waals surface area contributed by atoms with Crippen LogP contribution in [0.3, 0.4) is 0 Å². The number of ketones is 1. The van der Waals surface area contributed by atoms with Gasteiger partial charge in [-0.2, -0.15) is 0 Å². The lowest BCUT2D eigenvalue weighted by molar-refractivity contribution is -0.147. The van der Waals surface area contributed by atoms with E-state index in [1.165, 1.54) is 24.3 Å². The lowest BCUT2D eigenvalue weighted by Crippen LogP contribution is -2.20. The van der Waals surface area contributed by atoms with E-state index in [9.17, 15) is 18.8 Å². The van der Waals surface area contributed by atoms with Crippen LogP contribution in [0.5, 0.6) is 11.5 Å². The Morgan fingerprint density at radius 2 is 1.74 bits per heavy atom. The molecule has 0 bridgehead atoms. The number of aldehydes is 1. The zero-order valence-electron chi connectivity index (χ0n) is 12.0. The summed E-state index contributed by atoms with van der Waals surface area (Å²) in [5, 5.41) is 0. The second kappa shape index (κ2) is 7.84. The fourth-order valence-electron chi connectivity index (χ4n) is 1.70. The maximum atomic E-state index is 12.8. The first kappa shape index (κ1) is 16.4. The number of benzene rings is 2. The van der Waals surface area contributed by atoms with Crippen molar-refractivity contribution in [1.82, 2.24) is 0 Å². The van der Waals surface area contributed by atoms with Crippen LogP contribution in [0.15, 0.2) is 48.5 Å². The number of carbonyl (C=O) groups excluding carboxylic acids is 3. The fourth-order valence-corrected chi connectivity index (χ4v) is 1.70. The maximum Gasteiger partial charge on any atom is 0.380 e. The number of carbonyl (C=O) groups is 3. The van der Waals surface area contributed by atoms with Gasteiger partial charge in [0, 0.05) is 6.07 Å². The Kier molecular flexibility index (Phi) is 5.57. The number of hydrogen-bond donors (Lipinski definition) is 0. The molecule has 23 heavy (non-hydrogen) atoms. The zero-order chi connectivity index (χ0) is 16.7. The van der Waals surface area contributed by atoms with Crippen molar-refractivity contribution in [3.63, 3.8) is 0 Å². The van der Waals surface area contributed by atoms with Gasteiger partial charge < -0.3 is 14.3 Å². The van der Waals surface area contributed by atoms with Crippen LogP contribution < -0.4 is 9.47 Å². The molecule has 2 rings (SSSR count). The van der Waals surface area contributed by atoms with Gasteiger partial charge in [-0.15, -0.1) is 0 Å². The van der Waals surface area contributed by atoms with Crippen molar-refractivity contribution in [1.29, 1.82) is 0 Å². The van der Waals surface area contributed by atoms with Gasteiger partial charge in [0.2, 0.25) is 5.78 Å². The average molecular weight is 316 g/mol. The van der Waals surface area contributed by atoms with Crippen LogP contribution >= 0.6 is 0 Å². The Morgan fingerprint density at radius 3 is 2.43 bits per heavy atom. The van der Waals surface area contributed by atoms with Crippen LogP contribution in [0.1, 0.15) is 12.0 Å². The molecule has 0 aliphatic rings. The highest BCUT2D eigenvalue weighted by atomic mass is 19.1. The van der Waals surface area contributed by atoms with Gasteiger partial charge in [-0.05, 0) is 29.8 Å². The minimum atomic E-state index is -1.10. The molecule has 0 saturated carbocycles. The number of hydrogen-bond acceptors (Lipinski definition) is 5. The Morgan fingerprint density at radius 1 is 1.04 bits per heavy atom. The molecule has 0 saturated heterocycles. The van der Waals surface area contributed by atoms with Gasteiger partial charge in [-0.1, -0.05) is 18.2 Å². The Labute approximate surface area is 131 Å². The highest BCUT2D eigenvalue weighted by Gasteiger charge is 2.15. The second-order valence-electron chi connectivity index (χ2n) is 4.57. The molecular weight excluding hydrogens is 303 g/mol. The molecule has 0 spiro atoms. The molecule has 0 unspecified atom stereocenters. The van der Waals surface area contributed by atoms with E-state index in [0.29, 0.717) is 12.0 Å². The van der Waals surface area contributed by atoms with E-state index in [-0.39, 0.29) is 18.2 Å². The molecule has 118 valence electrons. The molecular formula is C17H13FO5. The van der Waals surface area contributed by atoms with E-state index < -0.39 is 18.2 Å². The van der Waals surface area contributed by atoms with Gasteiger partial charge >= 0.3 is 5.97 Å². The zero-order valence-corrected chi connectivity index (χ0v) is 12.0. The average Bonchev–Trinajstić information content (AvgIpc) is 2.55. The van der Waals surface area contributed by atoms with Gasteiger partial charge in [0.05, 0.1) is 6.42 Å². The highest BCUT2D eigenvalue weighted by Crippen LogP contribution is 2.20. The standard InChI is InChI=1S/C17H13FO5/c18-13-6-4-12(5-7-13)11-22-14-2-1-3-15(10-14)23-17(21)16(20)8-9-19/h1-7,9-10H,8,11H2. The summed E-state index contributed by atoms with van der Waals surface area (Å²) in [7, 11) is 0. The van der Waals surface area contributed by atoms with Crippen LogP contribution in [0.2, 0.25) is 0 Å². The molecule has 0 amide bonds. The first-order valence-corrected chi connectivity index (χ1v) is 6.74. The van der Waals surface area contributed by atoms with Gasteiger partial charge in [-0.3, -0.25) is 4.79 Å². The summed E-state index contributed by atoms with van der Waals surface area (Å²) in [5.74, 6) is -1.80. The summed E-state index contributed by atoms with van der Waals surface area (Å²) in [6, 6.07) is 12.0. The Bertz CT molecular complexity index is 709. The SMILES string of the molecule is O=CCC(=O)C(=O)Oc1cccc(OCc2ccc(F)cc2)c1. The minimum Gasteiger partial charge on any atom is -0.489 e. The predicted molar refractivity (Wildman–Crippen MR) is 78.5 cm³/mol. The molecule has 2 aromatic carbocycles. The molecule has 5 nitrogen and oxygen atoms in total. The minimum absolute atomic E-state index is 0.130. The molecule has 6 heteroatoms. The Balaban J connectivity index is 1.96. The molecule has 0 atom stereocenters. The first-order chi connectivity index (χ1) is 11.1. The molecule has 0 aliphatic carbocycles. The number of rotatable bonds is 7. The van der Waals surface area contributed by atoms with E-state index in [1.807, 2.05) is 0 Å². The number of ether oxygens (including phenoxy) is 2. The fraction of sp³-hybridized carbons (Fsp3) is 0.118. The third-order valence-electron chi connectivity index (χ3n) is 2.83. The van der Waals surface area contributed by atoms with Crippen molar-refractivity contribution >= 4 is 18.0 Å². The van der Waals surface area contributed by atoms with E-state index in [0.717, 1.165) is 5.56 Å². The van der Waals surface area contributed by atoms with Gasteiger partial charge in [0.25, 0.3) is 0 Å². The molecule has 0 aromatic heterocycles. The summed E-state index contributed by atoms with van der Waals surface area (Å²) in [6.45, 7) is 0.210. The van der Waals surface area contributed by atoms with Gasteiger partial charge in [0.15, 0.2) is 0 Å². The van der Waals surface area contributed by atoms with E-state index in [2.05, 4.69) is 0 Å². The largest absolute Gasteiger partial charge is 0.489 e. The summed E-state index contributed by atoms with van der Waals surface area (Å²) in [6.07, 6.45) is -0.175. The lowest BCUT2D eigenvalue weighted by atomic mass is 10.2. The third-order valence-corrected chi connectivity index (χ3v) is 2.83. The van der Waals surface area contributed by atoms with Crippen LogP contribution in [-0.4, -0.2) is 18.0 Å². The van der Waals surface area contributed by atoms with Crippen LogP contribution in [0.4, 0.5) is 4.39 Å². The van der Waals surface area contributed by atoms with E-state index >= 15 is 0 Å². The topological polar surface area (TPSA) is 69.7 Å². The molecule has 0 heterocycles. The summed E-state index contributed by atoms with van der Waals surface area (Å²) in [4.78, 5) is 32.8. The van der Waals surface area contributed by atoms with Crippen molar-refractivity contribution in [2.75, 3.05) is 0 Å². The normalized spacial score (nSPS) is 9.96. The molecule has 0 fully saturated rings. The molecule has 0 radical (unpaired) electrons. The van der Waals surface area contributed by atoms with Crippen LogP contribution in [0.25, 0.3) is 0 Å². The highest BCUT2D eigenvalue weighted by molar-refractivity contribution is 6.36. The van der Waals surface area contributed by atoms with E-state index in [1.54, 1.807) is 24.3 Å². The number of Topliss-reactive ketones (excluding diaryl/α,β-unsaturated/α-hetero) is 1. The van der Waals surface area contributed by atoms with Gasteiger partial charge in [-0.25, -0.2) is 9.18 Å². The van der Waals surface area contributed by atoms with E-state index in [4.69, 9.17) is 9.47 Å². The van der Waals surface area contributed by atoms with Crippen molar-refractivity contribution in [2.45, 2.75) is 13.0 Å². The summed E-state index contributed by atoms with van der Waals surface area (Å²) in [5.41, 5.74) is 0.773.